The predicted octanol–water partition coefficient (Wildman–Crippen LogP) is 0.758. The van der Waals surface area contributed by atoms with Crippen molar-refractivity contribution in [1.82, 2.24) is 5.32 Å². The van der Waals surface area contributed by atoms with E-state index in [0.29, 0.717) is 0 Å². The highest BCUT2D eigenvalue weighted by atomic mass is 15.0. The van der Waals surface area contributed by atoms with Crippen LogP contribution in [0.5, 0.6) is 0 Å². The molecule has 1 heterocycles. The average Bonchev–Trinajstić information content (AvgIpc) is 2.41. The summed E-state index contributed by atoms with van der Waals surface area (Å²) in [6, 6.07) is 0.953. The van der Waals surface area contributed by atoms with E-state index in [-0.39, 0.29) is 0 Å². The Hall–Kier alpha value is -0.0400. The van der Waals surface area contributed by atoms with Crippen LogP contribution in [0.2, 0.25) is 0 Å². The highest BCUT2D eigenvalue weighted by Gasteiger charge is 2.37. The van der Waals surface area contributed by atoms with Crippen LogP contribution in [-0.2, 0) is 0 Å². The second-order valence-electron chi connectivity index (χ2n) is 2.70. The van der Waals surface area contributed by atoms with Crippen molar-refractivity contribution in [3.8, 4) is 0 Å². The molecule has 7 heavy (non-hydrogen) atoms. The fourth-order valence-corrected chi connectivity index (χ4v) is 1.47. The summed E-state index contributed by atoms with van der Waals surface area (Å²) in [4.78, 5) is 0. The Morgan fingerprint density at radius 1 is 1.43 bits per heavy atom. The molecule has 1 aliphatic carbocycles. The van der Waals surface area contributed by atoms with Gasteiger partial charge in [-0.25, -0.2) is 0 Å². The van der Waals surface area contributed by atoms with Crippen LogP contribution in [0.3, 0.4) is 0 Å². The SMILES string of the molecule is C1CNC2C[C@H]2C1. The molecule has 1 N–H and O–H groups in total. The van der Waals surface area contributed by atoms with Gasteiger partial charge in [0.25, 0.3) is 0 Å². The van der Waals surface area contributed by atoms with Crippen LogP contribution >= 0.6 is 0 Å². The van der Waals surface area contributed by atoms with Crippen molar-refractivity contribution in [3.05, 3.63) is 0 Å². The van der Waals surface area contributed by atoms with Crippen molar-refractivity contribution < 1.29 is 0 Å². The summed E-state index contributed by atoms with van der Waals surface area (Å²) < 4.78 is 0. The molecule has 1 unspecified atom stereocenters. The predicted molar refractivity (Wildman–Crippen MR) is 29.1 cm³/mol. The first-order chi connectivity index (χ1) is 3.47. The molecule has 2 rings (SSSR count). The topological polar surface area (TPSA) is 12.0 Å². The third-order valence-electron chi connectivity index (χ3n) is 2.08. The van der Waals surface area contributed by atoms with Crippen molar-refractivity contribution in [2.75, 3.05) is 6.54 Å². The highest BCUT2D eigenvalue weighted by molar-refractivity contribution is 4.95. The zero-order valence-electron chi connectivity index (χ0n) is 4.48. The van der Waals surface area contributed by atoms with Crippen LogP contribution in [0.25, 0.3) is 0 Å². The Kier molecular flexibility index (Phi) is 0.680. The third kappa shape index (κ3) is 0.556. The summed E-state index contributed by atoms with van der Waals surface area (Å²) in [5, 5.41) is 3.46. The zero-order valence-corrected chi connectivity index (χ0v) is 4.48. The second-order valence-corrected chi connectivity index (χ2v) is 2.70. The minimum atomic E-state index is 0.953. The lowest BCUT2D eigenvalue weighted by molar-refractivity contribution is 0.505. The summed E-state index contributed by atoms with van der Waals surface area (Å²) >= 11 is 0. The van der Waals surface area contributed by atoms with Gasteiger partial charge < -0.3 is 5.32 Å². The van der Waals surface area contributed by atoms with E-state index in [1.54, 1.807) is 0 Å². The monoisotopic (exact) mass is 97.1 g/mol. The van der Waals surface area contributed by atoms with Crippen LogP contribution in [0.1, 0.15) is 19.3 Å². The fraction of sp³-hybridized carbons (Fsp3) is 1.00. The molecule has 0 amide bonds. The van der Waals surface area contributed by atoms with Crippen molar-refractivity contribution in [2.24, 2.45) is 5.92 Å². The van der Waals surface area contributed by atoms with E-state index >= 15 is 0 Å². The summed E-state index contributed by atoms with van der Waals surface area (Å²) in [5.74, 6) is 1.09. The Morgan fingerprint density at radius 2 is 2.43 bits per heavy atom. The van der Waals surface area contributed by atoms with Gasteiger partial charge in [-0.3, -0.25) is 0 Å². The maximum Gasteiger partial charge on any atom is 0.00991 e. The lowest BCUT2D eigenvalue weighted by Gasteiger charge is -2.08. The first-order valence-corrected chi connectivity index (χ1v) is 3.20. The van der Waals surface area contributed by atoms with Gasteiger partial charge in [0.1, 0.15) is 0 Å². The molecule has 1 nitrogen and oxygen atoms in total. The highest BCUT2D eigenvalue weighted by Crippen LogP contribution is 2.36. The van der Waals surface area contributed by atoms with E-state index < -0.39 is 0 Å². The molecule has 1 aliphatic heterocycles. The minimum Gasteiger partial charge on any atom is -0.314 e. The Morgan fingerprint density at radius 3 is 3.00 bits per heavy atom. The molecule has 1 saturated heterocycles. The first kappa shape index (κ1) is 3.90. The Labute approximate surface area is 44.1 Å². The van der Waals surface area contributed by atoms with Crippen LogP contribution < -0.4 is 5.32 Å². The number of rotatable bonds is 0. The number of fused-ring (bicyclic) bond motifs is 1. The largest absolute Gasteiger partial charge is 0.314 e. The lowest BCUT2D eigenvalue weighted by atomic mass is 10.2. The molecule has 2 aliphatic rings. The van der Waals surface area contributed by atoms with Gasteiger partial charge in [0.15, 0.2) is 0 Å². The molecule has 40 valence electrons. The molecule has 0 aromatic carbocycles. The zero-order chi connectivity index (χ0) is 4.69. The standard InChI is InChI=1S/C6H11N/c1-2-5-4-6(5)7-3-1/h5-7H,1-4H2/t5-,6?/m1/s1. The Balaban J connectivity index is 1.95. The number of hydrogen-bond acceptors (Lipinski definition) is 1. The van der Waals surface area contributed by atoms with Gasteiger partial charge in [-0.15, -0.1) is 0 Å². The van der Waals surface area contributed by atoms with Gasteiger partial charge in [-0.1, -0.05) is 0 Å². The maximum atomic E-state index is 3.46. The van der Waals surface area contributed by atoms with Crippen molar-refractivity contribution in [1.29, 1.82) is 0 Å². The van der Waals surface area contributed by atoms with E-state index in [9.17, 15) is 0 Å². The van der Waals surface area contributed by atoms with E-state index in [4.69, 9.17) is 0 Å². The van der Waals surface area contributed by atoms with Gasteiger partial charge in [-0.05, 0) is 31.7 Å². The molecule has 2 fully saturated rings. The molecule has 0 bridgehead atoms. The molecule has 1 heteroatoms. The molecule has 2 atom stereocenters. The summed E-state index contributed by atoms with van der Waals surface area (Å²) in [7, 11) is 0. The smallest absolute Gasteiger partial charge is 0.00991 e. The first-order valence-electron chi connectivity index (χ1n) is 3.20. The summed E-state index contributed by atoms with van der Waals surface area (Å²) in [6.45, 7) is 1.28. The van der Waals surface area contributed by atoms with E-state index in [0.717, 1.165) is 12.0 Å². The molecular weight excluding hydrogens is 86.1 g/mol. The molecule has 0 aromatic heterocycles. The average molecular weight is 97.2 g/mol. The van der Waals surface area contributed by atoms with Gasteiger partial charge >= 0.3 is 0 Å². The van der Waals surface area contributed by atoms with Gasteiger partial charge in [0, 0.05) is 6.04 Å². The van der Waals surface area contributed by atoms with Crippen molar-refractivity contribution in [3.63, 3.8) is 0 Å². The molecular formula is C6H11N. The molecule has 0 radical (unpaired) electrons. The van der Waals surface area contributed by atoms with Crippen LogP contribution in [0.15, 0.2) is 0 Å². The maximum absolute atomic E-state index is 3.46. The lowest BCUT2D eigenvalue weighted by Crippen LogP contribution is -2.23. The normalized spacial score (nSPS) is 48.0. The quantitative estimate of drug-likeness (QED) is 0.470. The van der Waals surface area contributed by atoms with E-state index in [1.807, 2.05) is 0 Å². The molecule has 1 saturated carbocycles. The second kappa shape index (κ2) is 1.22. The number of piperidine rings is 1. The van der Waals surface area contributed by atoms with Crippen molar-refractivity contribution >= 4 is 0 Å². The fourth-order valence-electron chi connectivity index (χ4n) is 1.47. The van der Waals surface area contributed by atoms with E-state index in [1.165, 1.54) is 25.8 Å². The van der Waals surface area contributed by atoms with Gasteiger partial charge in [0.05, 0.1) is 0 Å². The van der Waals surface area contributed by atoms with E-state index in [2.05, 4.69) is 5.32 Å². The van der Waals surface area contributed by atoms with Crippen molar-refractivity contribution in [2.45, 2.75) is 25.3 Å². The Bertz CT molecular complexity index is 70.2. The number of hydrogen-bond donors (Lipinski definition) is 1. The van der Waals surface area contributed by atoms with Gasteiger partial charge in [0.2, 0.25) is 0 Å². The van der Waals surface area contributed by atoms with Crippen LogP contribution in [0.4, 0.5) is 0 Å². The van der Waals surface area contributed by atoms with Crippen LogP contribution in [-0.4, -0.2) is 12.6 Å². The summed E-state index contributed by atoms with van der Waals surface area (Å²) in [5.41, 5.74) is 0. The third-order valence-corrected chi connectivity index (χ3v) is 2.08. The molecule has 0 aromatic rings. The summed E-state index contributed by atoms with van der Waals surface area (Å²) in [6.07, 6.45) is 4.39. The minimum absolute atomic E-state index is 0.953. The van der Waals surface area contributed by atoms with Gasteiger partial charge in [-0.2, -0.15) is 0 Å². The van der Waals surface area contributed by atoms with Crippen LogP contribution in [0, 0.1) is 5.92 Å². The molecule has 0 spiro atoms. The number of nitrogens with one attached hydrogen (secondary N) is 1.